The minimum absolute atomic E-state index is 0.236. The fourth-order valence-electron chi connectivity index (χ4n) is 4.17. The van der Waals surface area contributed by atoms with Crippen molar-refractivity contribution >= 4 is 17.8 Å². The number of methoxy groups -OCH3 is 1. The number of hydrogen-bond donors (Lipinski definition) is 2. The monoisotopic (exact) mass is 476 g/mol. The van der Waals surface area contributed by atoms with Crippen LogP contribution in [0, 0.1) is 5.82 Å². The van der Waals surface area contributed by atoms with Crippen LogP contribution < -0.4 is 14.8 Å². The Morgan fingerprint density at radius 2 is 1.77 bits per heavy atom. The topological polar surface area (TPSA) is 54.0 Å². The summed E-state index contributed by atoms with van der Waals surface area (Å²) in [7, 11) is 1.63. The van der Waals surface area contributed by atoms with E-state index in [1.165, 1.54) is 25.3 Å². The van der Waals surface area contributed by atoms with Crippen LogP contribution in [0.1, 0.15) is 36.0 Å². The molecule has 0 aliphatic carbocycles. The van der Waals surface area contributed by atoms with Crippen LogP contribution in [0.25, 0.3) is 12.2 Å². The standard InChI is InChI=1S/C29H33FN2O3/c1-34-26-13-10-24(9-5-22-6-11-25(33)12-7-22)28(20-26)31-21-23-8-14-29(27(30)19-23)35-18-17-32-15-3-2-4-16-32/h5-14,19-20,31,33H,2-4,15-18,21H2,1H3/b9-5+. The first-order chi connectivity index (χ1) is 17.1. The van der Waals surface area contributed by atoms with Gasteiger partial charge in [0.05, 0.1) is 7.11 Å². The molecule has 0 aromatic heterocycles. The number of halogens is 1. The number of phenols is 1. The summed E-state index contributed by atoms with van der Waals surface area (Å²) in [4.78, 5) is 2.38. The van der Waals surface area contributed by atoms with Gasteiger partial charge in [-0.3, -0.25) is 4.90 Å². The molecule has 6 heteroatoms. The van der Waals surface area contributed by atoms with E-state index in [0.717, 1.165) is 47.8 Å². The molecule has 5 nitrogen and oxygen atoms in total. The first-order valence-electron chi connectivity index (χ1n) is 12.1. The van der Waals surface area contributed by atoms with Crippen molar-refractivity contribution in [1.82, 2.24) is 4.90 Å². The van der Waals surface area contributed by atoms with Crippen molar-refractivity contribution in [3.8, 4) is 17.2 Å². The van der Waals surface area contributed by atoms with E-state index in [1.807, 2.05) is 48.6 Å². The highest BCUT2D eigenvalue weighted by molar-refractivity contribution is 5.77. The SMILES string of the molecule is COc1ccc(/C=C/c2ccc(O)cc2)c(NCc2ccc(OCCN3CCCCC3)c(F)c2)c1. The van der Waals surface area contributed by atoms with Crippen molar-refractivity contribution in [2.75, 3.05) is 38.7 Å². The second-order valence-corrected chi connectivity index (χ2v) is 8.75. The number of piperidine rings is 1. The van der Waals surface area contributed by atoms with E-state index in [0.29, 0.717) is 18.9 Å². The highest BCUT2D eigenvalue weighted by Crippen LogP contribution is 2.26. The maximum absolute atomic E-state index is 14.7. The van der Waals surface area contributed by atoms with Crippen molar-refractivity contribution in [3.63, 3.8) is 0 Å². The van der Waals surface area contributed by atoms with Gasteiger partial charge in [-0.15, -0.1) is 0 Å². The number of hydrogen-bond acceptors (Lipinski definition) is 5. The zero-order valence-electron chi connectivity index (χ0n) is 20.2. The van der Waals surface area contributed by atoms with Gasteiger partial charge in [0.1, 0.15) is 18.1 Å². The van der Waals surface area contributed by atoms with Crippen LogP contribution in [0.15, 0.2) is 60.7 Å². The first-order valence-corrected chi connectivity index (χ1v) is 12.1. The van der Waals surface area contributed by atoms with Gasteiger partial charge in [0, 0.05) is 24.8 Å². The number of anilines is 1. The predicted octanol–water partition coefficient (Wildman–Crippen LogP) is 6.19. The number of rotatable bonds is 10. The molecule has 0 radical (unpaired) electrons. The van der Waals surface area contributed by atoms with Gasteiger partial charge in [0.25, 0.3) is 0 Å². The maximum atomic E-state index is 14.7. The third-order valence-corrected chi connectivity index (χ3v) is 6.20. The van der Waals surface area contributed by atoms with Gasteiger partial charge in [-0.25, -0.2) is 4.39 Å². The Balaban J connectivity index is 1.37. The van der Waals surface area contributed by atoms with Crippen LogP contribution in [0.2, 0.25) is 0 Å². The molecule has 0 saturated carbocycles. The Kier molecular flexibility index (Phi) is 8.63. The average molecular weight is 477 g/mol. The van der Waals surface area contributed by atoms with Crippen LogP contribution in [0.4, 0.5) is 10.1 Å². The number of nitrogens with one attached hydrogen (secondary N) is 1. The molecule has 0 bridgehead atoms. The number of nitrogens with zero attached hydrogens (tertiary/aromatic N) is 1. The van der Waals surface area contributed by atoms with Gasteiger partial charge in [0.15, 0.2) is 11.6 Å². The molecule has 1 aliphatic rings. The largest absolute Gasteiger partial charge is 0.508 e. The molecule has 0 atom stereocenters. The Bertz CT molecular complexity index is 1130. The van der Waals surface area contributed by atoms with Crippen molar-refractivity contribution in [2.45, 2.75) is 25.8 Å². The molecule has 0 spiro atoms. The lowest BCUT2D eigenvalue weighted by Crippen LogP contribution is -2.33. The summed E-state index contributed by atoms with van der Waals surface area (Å²) in [6.07, 6.45) is 7.74. The smallest absolute Gasteiger partial charge is 0.165 e. The van der Waals surface area contributed by atoms with Crippen molar-refractivity contribution in [3.05, 3.63) is 83.2 Å². The summed E-state index contributed by atoms with van der Waals surface area (Å²) < 4.78 is 25.8. The van der Waals surface area contributed by atoms with E-state index in [4.69, 9.17) is 9.47 Å². The first kappa shape index (κ1) is 24.6. The van der Waals surface area contributed by atoms with Gasteiger partial charge in [-0.05, 0) is 79.0 Å². The highest BCUT2D eigenvalue weighted by atomic mass is 19.1. The number of ether oxygens (including phenoxy) is 2. The summed E-state index contributed by atoms with van der Waals surface area (Å²) in [6, 6.07) is 17.9. The lowest BCUT2D eigenvalue weighted by molar-refractivity contribution is 0.180. The molecule has 35 heavy (non-hydrogen) atoms. The molecule has 4 rings (SSSR count). The van der Waals surface area contributed by atoms with Crippen LogP contribution in [0.3, 0.4) is 0 Å². The molecular weight excluding hydrogens is 443 g/mol. The van der Waals surface area contributed by atoms with E-state index in [-0.39, 0.29) is 11.6 Å². The van der Waals surface area contributed by atoms with Crippen molar-refractivity contribution < 1.29 is 19.0 Å². The number of phenolic OH excluding ortho intramolecular Hbond substituents is 1. The zero-order chi connectivity index (χ0) is 24.5. The molecule has 0 amide bonds. The zero-order valence-corrected chi connectivity index (χ0v) is 20.2. The van der Waals surface area contributed by atoms with Gasteiger partial charge < -0.3 is 19.9 Å². The Morgan fingerprint density at radius 3 is 2.51 bits per heavy atom. The van der Waals surface area contributed by atoms with Crippen LogP contribution in [-0.2, 0) is 6.54 Å². The van der Waals surface area contributed by atoms with Gasteiger partial charge in [-0.2, -0.15) is 0 Å². The van der Waals surface area contributed by atoms with Crippen LogP contribution in [-0.4, -0.2) is 43.4 Å². The average Bonchev–Trinajstić information content (AvgIpc) is 2.89. The summed E-state index contributed by atoms with van der Waals surface area (Å²) in [5.41, 5.74) is 3.64. The maximum Gasteiger partial charge on any atom is 0.165 e. The summed E-state index contributed by atoms with van der Waals surface area (Å²) >= 11 is 0. The molecule has 184 valence electrons. The summed E-state index contributed by atoms with van der Waals surface area (Å²) in [6.45, 7) is 3.99. The molecule has 2 N–H and O–H groups in total. The minimum Gasteiger partial charge on any atom is -0.508 e. The van der Waals surface area contributed by atoms with Crippen LogP contribution in [0.5, 0.6) is 17.2 Å². The second-order valence-electron chi connectivity index (χ2n) is 8.75. The normalized spacial score (nSPS) is 14.2. The highest BCUT2D eigenvalue weighted by Gasteiger charge is 2.11. The van der Waals surface area contributed by atoms with Gasteiger partial charge in [0.2, 0.25) is 0 Å². The number of likely N-dealkylation sites (tertiary alicyclic amines) is 1. The van der Waals surface area contributed by atoms with Crippen molar-refractivity contribution in [1.29, 1.82) is 0 Å². The second kappa shape index (κ2) is 12.3. The molecule has 1 heterocycles. The molecule has 3 aromatic rings. The number of aromatic hydroxyl groups is 1. The fourth-order valence-corrected chi connectivity index (χ4v) is 4.17. The molecule has 3 aromatic carbocycles. The van der Waals surface area contributed by atoms with Crippen LogP contribution >= 0.6 is 0 Å². The third kappa shape index (κ3) is 7.23. The Morgan fingerprint density at radius 1 is 0.971 bits per heavy atom. The molecular formula is C29H33FN2O3. The Labute approximate surface area is 206 Å². The van der Waals surface area contributed by atoms with E-state index in [1.54, 1.807) is 25.3 Å². The molecule has 1 saturated heterocycles. The van der Waals surface area contributed by atoms with E-state index in [2.05, 4.69) is 10.2 Å². The lowest BCUT2D eigenvalue weighted by Gasteiger charge is -2.26. The third-order valence-electron chi connectivity index (χ3n) is 6.20. The summed E-state index contributed by atoms with van der Waals surface area (Å²) in [5.74, 6) is 0.920. The van der Waals surface area contributed by atoms with E-state index in [9.17, 15) is 9.50 Å². The number of benzene rings is 3. The van der Waals surface area contributed by atoms with Gasteiger partial charge >= 0.3 is 0 Å². The van der Waals surface area contributed by atoms with Crippen molar-refractivity contribution in [2.24, 2.45) is 0 Å². The molecule has 1 aliphatic heterocycles. The van der Waals surface area contributed by atoms with E-state index < -0.39 is 0 Å². The van der Waals surface area contributed by atoms with E-state index >= 15 is 0 Å². The lowest BCUT2D eigenvalue weighted by atomic mass is 10.1. The van der Waals surface area contributed by atoms with Gasteiger partial charge in [-0.1, -0.05) is 36.8 Å². The quantitative estimate of drug-likeness (QED) is 0.342. The Hall–Kier alpha value is -3.51. The molecule has 0 unspecified atom stereocenters. The fraction of sp³-hybridized carbons (Fsp3) is 0.310. The minimum atomic E-state index is -0.346. The molecule has 1 fully saturated rings. The summed E-state index contributed by atoms with van der Waals surface area (Å²) in [5, 5.41) is 12.9. The predicted molar refractivity (Wildman–Crippen MR) is 140 cm³/mol.